The molecule has 1 aromatic carbocycles. The molecule has 16 heavy (non-hydrogen) atoms. The molecule has 0 saturated carbocycles. The van der Waals surface area contributed by atoms with Crippen LogP contribution in [0.2, 0.25) is 0 Å². The highest BCUT2D eigenvalue weighted by Crippen LogP contribution is 2.27. The van der Waals surface area contributed by atoms with Crippen molar-refractivity contribution in [3.8, 4) is 0 Å². The fraction of sp³-hybridized carbons (Fsp3) is 0.308. The highest BCUT2D eigenvalue weighted by atomic mass is 35.5. The fourth-order valence-corrected chi connectivity index (χ4v) is 2.57. The molecule has 0 aliphatic carbocycles. The van der Waals surface area contributed by atoms with Crippen molar-refractivity contribution in [2.75, 3.05) is 5.88 Å². The van der Waals surface area contributed by atoms with Crippen LogP contribution < -0.4 is 0 Å². The van der Waals surface area contributed by atoms with E-state index in [0.717, 1.165) is 10.5 Å². The zero-order valence-corrected chi connectivity index (χ0v) is 11.0. The van der Waals surface area contributed by atoms with E-state index in [1.807, 2.05) is 18.2 Å². The quantitative estimate of drug-likeness (QED) is 0.597. The van der Waals surface area contributed by atoms with E-state index in [4.69, 9.17) is 11.6 Å². The molecule has 1 heterocycles. The molecule has 2 rings (SSSR count). The van der Waals surface area contributed by atoms with Gasteiger partial charge in [-0.1, -0.05) is 25.1 Å². The normalized spacial score (nSPS) is 12.9. The Hall–Kier alpha value is -0.730. The number of alkyl halides is 1. The van der Waals surface area contributed by atoms with E-state index in [1.54, 1.807) is 11.8 Å². The Morgan fingerprint density at radius 3 is 2.88 bits per heavy atom. The number of halogens is 1. The van der Waals surface area contributed by atoms with Crippen molar-refractivity contribution in [2.45, 2.75) is 24.1 Å². The minimum atomic E-state index is 0.397. The van der Waals surface area contributed by atoms with Gasteiger partial charge in [-0.25, -0.2) is 4.98 Å². The van der Waals surface area contributed by atoms with Gasteiger partial charge in [-0.05, 0) is 24.6 Å². The zero-order valence-electron chi connectivity index (χ0n) is 9.40. The summed E-state index contributed by atoms with van der Waals surface area (Å²) in [4.78, 5) is 4.67. The van der Waals surface area contributed by atoms with Crippen LogP contribution in [0.4, 0.5) is 0 Å². The summed E-state index contributed by atoms with van der Waals surface area (Å²) in [7, 11) is 0. The van der Waals surface area contributed by atoms with Gasteiger partial charge in [0, 0.05) is 16.5 Å². The third-order valence-electron chi connectivity index (χ3n) is 2.40. The molecule has 1 atom stereocenters. The lowest BCUT2D eigenvalue weighted by molar-refractivity contribution is 1.07. The van der Waals surface area contributed by atoms with Gasteiger partial charge in [-0.3, -0.25) is 0 Å². The van der Waals surface area contributed by atoms with Gasteiger partial charge < -0.3 is 0 Å². The van der Waals surface area contributed by atoms with Gasteiger partial charge in [0.05, 0.1) is 10.5 Å². The number of benzene rings is 1. The molecule has 0 saturated heterocycles. The lowest BCUT2D eigenvalue weighted by atomic mass is 10.2. The lowest BCUT2D eigenvalue weighted by Gasteiger charge is -2.10. The number of aryl methyl sites for hydroxylation is 1. The van der Waals surface area contributed by atoms with Crippen LogP contribution in [0.1, 0.15) is 12.5 Å². The van der Waals surface area contributed by atoms with Crippen LogP contribution in [-0.2, 0) is 0 Å². The fourth-order valence-electron chi connectivity index (χ4n) is 1.55. The number of para-hydroxylation sites is 1. The molecule has 2 aromatic rings. The van der Waals surface area contributed by atoms with Crippen LogP contribution in [0, 0.1) is 6.92 Å². The van der Waals surface area contributed by atoms with E-state index < -0.39 is 0 Å². The number of hydrogen-bond acceptors (Lipinski definition) is 2. The van der Waals surface area contributed by atoms with Gasteiger partial charge in [0.1, 0.15) is 0 Å². The van der Waals surface area contributed by atoms with Gasteiger partial charge in [0.15, 0.2) is 0 Å². The van der Waals surface area contributed by atoms with Gasteiger partial charge in [0.25, 0.3) is 0 Å². The molecule has 0 bridgehead atoms. The topological polar surface area (TPSA) is 12.9 Å². The van der Waals surface area contributed by atoms with Crippen molar-refractivity contribution in [1.82, 2.24) is 4.98 Å². The summed E-state index contributed by atoms with van der Waals surface area (Å²) in [6.07, 6.45) is 0. The molecule has 0 N–H and O–H groups in total. The third-order valence-corrected chi connectivity index (χ3v) is 4.25. The second-order valence-electron chi connectivity index (χ2n) is 3.89. The molecule has 3 heteroatoms. The second-order valence-corrected chi connectivity index (χ2v) is 5.62. The summed E-state index contributed by atoms with van der Waals surface area (Å²) in [5.74, 6) is 0.651. The molecule has 0 fully saturated rings. The number of fused-ring (bicyclic) bond motifs is 1. The summed E-state index contributed by atoms with van der Waals surface area (Å²) < 4.78 is 0. The molecule has 1 aromatic heterocycles. The molecule has 1 nitrogen and oxygen atoms in total. The monoisotopic (exact) mass is 251 g/mol. The average Bonchev–Trinajstić information content (AvgIpc) is 2.30. The summed E-state index contributed by atoms with van der Waals surface area (Å²) in [6.45, 7) is 4.22. The van der Waals surface area contributed by atoms with E-state index in [-0.39, 0.29) is 0 Å². The minimum Gasteiger partial charge on any atom is -0.241 e. The molecule has 84 valence electrons. The Bertz CT molecular complexity index is 498. The molecule has 0 spiro atoms. The van der Waals surface area contributed by atoms with Crippen LogP contribution >= 0.6 is 23.4 Å². The highest BCUT2D eigenvalue weighted by Gasteiger charge is 2.08. The van der Waals surface area contributed by atoms with Gasteiger partial charge in [-0.2, -0.15) is 0 Å². The minimum absolute atomic E-state index is 0.397. The number of aromatic nitrogens is 1. The predicted octanol–water partition coefficient (Wildman–Crippen LogP) is 4.26. The molecule has 0 amide bonds. The summed E-state index contributed by atoms with van der Waals surface area (Å²) in [5, 5.41) is 2.68. The Morgan fingerprint density at radius 1 is 1.38 bits per heavy atom. The Labute approximate surface area is 105 Å². The number of nitrogens with zero attached hydrogens (tertiary/aromatic N) is 1. The van der Waals surface area contributed by atoms with Crippen molar-refractivity contribution in [2.24, 2.45) is 0 Å². The van der Waals surface area contributed by atoms with E-state index >= 15 is 0 Å². The van der Waals surface area contributed by atoms with Crippen LogP contribution in [0.25, 0.3) is 10.9 Å². The maximum Gasteiger partial charge on any atom is 0.0999 e. The van der Waals surface area contributed by atoms with E-state index in [0.29, 0.717) is 11.1 Å². The zero-order chi connectivity index (χ0) is 11.5. The van der Waals surface area contributed by atoms with Crippen molar-refractivity contribution >= 4 is 34.3 Å². The maximum absolute atomic E-state index is 5.82. The number of rotatable bonds is 3. The van der Waals surface area contributed by atoms with Gasteiger partial charge in [-0.15, -0.1) is 23.4 Å². The Kier molecular flexibility index (Phi) is 3.72. The van der Waals surface area contributed by atoms with E-state index in [2.05, 4.69) is 31.0 Å². The first-order chi connectivity index (χ1) is 7.70. The van der Waals surface area contributed by atoms with Crippen LogP contribution in [0.3, 0.4) is 0 Å². The summed E-state index contributed by atoms with van der Waals surface area (Å²) in [6, 6.07) is 10.4. The van der Waals surface area contributed by atoms with Crippen LogP contribution in [0.15, 0.2) is 35.4 Å². The molecule has 0 radical (unpaired) electrons. The predicted molar refractivity (Wildman–Crippen MR) is 72.5 cm³/mol. The maximum atomic E-state index is 5.82. The second kappa shape index (κ2) is 5.07. The first-order valence-corrected chi connectivity index (χ1v) is 6.71. The molecular formula is C13H14ClNS. The third kappa shape index (κ3) is 2.50. The summed E-state index contributed by atoms with van der Waals surface area (Å²) >= 11 is 7.57. The molecule has 0 aliphatic rings. The van der Waals surface area contributed by atoms with E-state index in [1.165, 1.54) is 10.9 Å². The Morgan fingerprint density at radius 2 is 2.12 bits per heavy atom. The number of hydrogen-bond donors (Lipinski definition) is 0. The smallest absolute Gasteiger partial charge is 0.0999 e. The number of pyridine rings is 1. The van der Waals surface area contributed by atoms with Gasteiger partial charge >= 0.3 is 0 Å². The van der Waals surface area contributed by atoms with Crippen LogP contribution in [-0.4, -0.2) is 16.1 Å². The van der Waals surface area contributed by atoms with E-state index in [9.17, 15) is 0 Å². The molecular weight excluding hydrogens is 238 g/mol. The Balaban J connectivity index is 2.42. The summed E-state index contributed by atoms with van der Waals surface area (Å²) in [5.41, 5.74) is 2.28. The average molecular weight is 252 g/mol. The molecule has 1 unspecified atom stereocenters. The first-order valence-electron chi connectivity index (χ1n) is 5.29. The van der Waals surface area contributed by atoms with Crippen molar-refractivity contribution < 1.29 is 0 Å². The largest absolute Gasteiger partial charge is 0.241 e. The standard InChI is InChI=1S/C13H14ClNS/c1-9-7-11-5-3-4-6-12(11)15-13(9)16-10(2)8-14/h3-7,10H,8H2,1-2H3. The van der Waals surface area contributed by atoms with Crippen LogP contribution in [0.5, 0.6) is 0 Å². The van der Waals surface area contributed by atoms with Crippen molar-refractivity contribution in [1.29, 1.82) is 0 Å². The molecule has 0 aliphatic heterocycles. The lowest BCUT2D eigenvalue weighted by Crippen LogP contribution is -1.99. The number of thioether (sulfide) groups is 1. The van der Waals surface area contributed by atoms with Crippen molar-refractivity contribution in [3.05, 3.63) is 35.9 Å². The highest BCUT2D eigenvalue weighted by molar-refractivity contribution is 8.00. The SMILES string of the molecule is Cc1cc2ccccc2nc1SC(C)CCl. The van der Waals surface area contributed by atoms with Gasteiger partial charge in [0.2, 0.25) is 0 Å². The first kappa shape index (κ1) is 11.7. The van der Waals surface area contributed by atoms with Crippen molar-refractivity contribution in [3.63, 3.8) is 0 Å².